The van der Waals surface area contributed by atoms with Crippen molar-refractivity contribution >= 4 is 30.5 Å². The van der Waals surface area contributed by atoms with E-state index in [1.807, 2.05) is 18.2 Å². The summed E-state index contributed by atoms with van der Waals surface area (Å²) in [7, 11) is -2.45. The van der Waals surface area contributed by atoms with Crippen LogP contribution in [0.5, 0.6) is 17.2 Å². The highest BCUT2D eigenvalue weighted by Gasteiger charge is 2.36. The van der Waals surface area contributed by atoms with Gasteiger partial charge < -0.3 is 28.1 Å². The molecule has 220 valence electrons. The van der Waals surface area contributed by atoms with Gasteiger partial charge in [0.2, 0.25) is 0 Å². The van der Waals surface area contributed by atoms with E-state index >= 15 is 0 Å². The lowest BCUT2D eigenvalue weighted by atomic mass is 10.1. The first-order valence-electron chi connectivity index (χ1n) is 13.9. The Bertz CT molecular complexity index is 806. The van der Waals surface area contributed by atoms with Gasteiger partial charge >= 0.3 is 0 Å². The van der Waals surface area contributed by atoms with Crippen LogP contribution in [0.4, 0.5) is 0 Å². The molecule has 0 bridgehead atoms. The van der Waals surface area contributed by atoms with E-state index in [1.54, 1.807) is 7.11 Å². The lowest BCUT2D eigenvalue weighted by Gasteiger charge is -2.36. The molecular formula is C29H56O6Si3. The van der Waals surface area contributed by atoms with Crippen molar-refractivity contribution in [2.75, 3.05) is 40.5 Å². The fraction of sp³-hybridized carbons (Fsp3) is 0.724. The summed E-state index contributed by atoms with van der Waals surface area (Å²) in [6.45, 7) is 27.8. The van der Waals surface area contributed by atoms with Gasteiger partial charge in [-0.3, -0.25) is 0 Å². The third-order valence-electron chi connectivity index (χ3n) is 6.74. The number of benzene rings is 1. The standard InChI is InChI=1S/C29H56O6Si3/c1-29(2,3)38(11,12)35-16-14-13-15-26-27(33-23-31-17-19-36(5,6)7)21-25(30-4)22-28(26)34-24-32-18-20-37(8,9)10/h13,15,21-22H,14,16-20,23-24H2,1-12H3/b15-13+. The average Bonchev–Trinajstić information content (AvgIpc) is 2.76. The molecule has 0 saturated heterocycles. The Morgan fingerprint density at radius 3 is 1.61 bits per heavy atom. The number of hydrogen-bond donors (Lipinski definition) is 0. The Kier molecular flexibility index (Phi) is 14.4. The topological polar surface area (TPSA) is 55.4 Å². The molecule has 0 atom stereocenters. The van der Waals surface area contributed by atoms with Crippen LogP contribution >= 0.6 is 0 Å². The summed E-state index contributed by atoms with van der Waals surface area (Å²) in [5, 5.41) is 0.194. The lowest BCUT2D eigenvalue weighted by Crippen LogP contribution is -2.40. The summed E-state index contributed by atoms with van der Waals surface area (Å²) in [5.41, 5.74) is 0.848. The Labute approximate surface area is 236 Å². The first-order chi connectivity index (χ1) is 17.5. The van der Waals surface area contributed by atoms with Crippen LogP contribution in [0.2, 0.25) is 69.5 Å². The van der Waals surface area contributed by atoms with Gasteiger partial charge in [0.25, 0.3) is 0 Å². The van der Waals surface area contributed by atoms with Gasteiger partial charge in [0.15, 0.2) is 21.9 Å². The normalized spacial score (nSPS) is 13.3. The molecule has 6 nitrogen and oxygen atoms in total. The summed E-state index contributed by atoms with van der Waals surface area (Å²) in [5.74, 6) is 1.99. The van der Waals surface area contributed by atoms with E-state index in [-0.39, 0.29) is 18.6 Å². The van der Waals surface area contributed by atoms with Crippen molar-refractivity contribution < 1.29 is 28.1 Å². The molecule has 0 unspecified atom stereocenters. The number of rotatable bonds is 18. The molecule has 0 aliphatic heterocycles. The van der Waals surface area contributed by atoms with E-state index < -0.39 is 24.5 Å². The van der Waals surface area contributed by atoms with Gasteiger partial charge in [-0.05, 0) is 36.6 Å². The SMILES string of the molecule is COc1cc(OCOCC[Si](C)(C)C)c(/C=C/CCO[Si](C)(C)C(C)(C)C)c(OCOCC[Si](C)(C)C)c1. The maximum absolute atomic E-state index is 6.34. The molecule has 0 fully saturated rings. The van der Waals surface area contributed by atoms with Crippen molar-refractivity contribution in [2.24, 2.45) is 0 Å². The zero-order valence-electron chi connectivity index (χ0n) is 26.4. The minimum Gasteiger partial charge on any atom is -0.496 e. The summed E-state index contributed by atoms with van der Waals surface area (Å²) >= 11 is 0. The first-order valence-corrected chi connectivity index (χ1v) is 24.2. The van der Waals surface area contributed by atoms with Crippen LogP contribution in [0.15, 0.2) is 18.2 Å². The lowest BCUT2D eigenvalue weighted by molar-refractivity contribution is 0.0174. The molecule has 1 aromatic carbocycles. The van der Waals surface area contributed by atoms with E-state index in [0.29, 0.717) is 37.1 Å². The summed E-state index contributed by atoms with van der Waals surface area (Å²) in [6, 6.07) is 5.95. The van der Waals surface area contributed by atoms with Crippen LogP contribution in [0.1, 0.15) is 32.8 Å². The van der Waals surface area contributed by atoms with Crippen molar-refractivity contribution in [3.8, 4) is 17.2 Å². The largest absolute Gasteiger partial charge is 0.496 e. The molecule has 0 heterocycles. The third-order valence-corrected chi connectivity index (χ3v) is 14.7. The van der Waals surface area contributed by atoms with E-state index in [0.717, 1.165) is 24.1 Å². The third kappa shape index (κ3) is 14.3. The monoisotopic (exact) mass is 584 g/mol. The minimum absolute atomic E-state index is 0.180. The maximum Gasteiger partial charge on any atom is 0.191 e. The molecule has 0 spiro atoms. The van der Waals surface area contributed by atoms with E-state index in [9.17, 15) is 0 Å². The quantitative estimate of drug-likeness (QED) is 0.0979. The molecule has 38 heavy (non-hydrogen) atoms. The Balaban J connectivity index is 2.98. The van der Waals surface area contributed by atoms with Gasteiger partial charge in [-0.1, -0.05) is 72.2 Å². The average molecular weight is 585 g/mol. The Hall–Kier alpha value is -1.11. The highest BCUT2D eigenvalue weighted by molar-refractivity contribution is 6.76. The van der Waals surface area contributed by atoms with Crippen molar-refractivity contribution in [3.05, 3.63) is 23.8 Å². The van der Waals surface area contributed by atoms with Crippen molar-refractivity contribution in [1.29, 1.82) is 0 Å². The second-order valence-corrected chi connectivity index (χ2v) is 29.9. The predicted octanol–water partition coefficient (Wildman–Crippen LogP) is 8.50. The molecular weight excluding hydrogens is 529 g/mol. The highest BCUT2D eigenvalue weighted by Crippen LogP contribution is 2.37. The van der Waals surface area contributed by atoms with E-state index in [4.69, 9.17) is 28.1 Å². The maximum atomic E-state index is 6.34. The van der Waals surface area contributed by atoms with Crippen LogP contribution in [0.25, 0.3) is 6.08 Å². The molecule has 0 radical (unpaired) electrons. The second-order valence-electron chi connectivity index (χ2n) is 13.8. The summed E-state index contributed by atoms with van der Waals surface area (Å²) in [4.78, 5) is 0. The number of ether oxygens (including phenoxy) is 5. The van der Waals surface area contributed by atoms with Gasteiger partial charge in [0, 0.05) is 48.1 Å². The van der Waals surface area contributed by atoms with Crippen molar-refractivity contribution in [2.45, 2.75) is 96.7 Å². The van der Waals surface area contributed by atoms with E-state index in [1.165, 1.54) is 0 Å². The molecule has 0 saturated carbocycles. The zero-order valence-corrected chi connectivity index (χ0v) is 29.4. The van der Waals surface area contributed by atoms with Crippen LogP contribution in [0.3, 0.4) is 0 Å². The Morgan fingerprint density at radius 1 is 0.737 bits per heavy atom. The zero-order chi connectivity index (χ0) is 29.0. The van der Waals surface area contributed by atoms with E-state index in [2.05, 4.69) is 79.2 Å². The molecule has 1 rings (SSSR count). The van der Waals surface area contributed by atoms with Crippen LogP contribution in [-0.2, 0) is 13.9 Å². The number of methoxy groups -OCH3 is 1. The van der Waals surface area contributed by atoms with Crippen molar-refractivity contribution in [3.63, 3.8) is 0 Å². The molecule has 1 aromatic rings. The predicted molar refractivity (Wildman–Crippen MR) is 169 cm³/mol. The van der Waals surface area contributed by atoms with Crippen LogP contribution < -0.4 is 14.2 Å². The molecule has 0 aliphatic carbocycles. The molecule has 0 aromatic heterocycles. The number of hydrogen-bond acceptors (Lipinski definition) is 6. The Morgan fingerprint density at radius 2 is 1.21 bits per heavy atom. The van der Waals surface area contributed by atoms with Crippen LogP contribution in [0, 0.1) is 0 Å². The van der Waals surface area contributed by atoms with Gasteiger partial charge in [-0.15, -0.1) is 0 Å². The summed E-state index contributed by atoms with van der Waals surface area (Å²) in [6.07, 6.45) is 4.97. The van der Waals surface area contributed by atoms with Gasteiger partial charge in [0.05, 0.1) is 12.7 Å². The first kappa shape index (κ1) is 34.9. The van der Waals surface area contributed by atoms with Crippen molar-refractivity contribution in [1.82, 2.24) is 0 Å². The summed E-state index contributed by atoms with van der Waals surface area (Å²) < 4.78 is 35.7. The molecule has 0 N–H and O–H groups in total. The van der Waals surface area contributed by atoms with Crippen LogP contribution in [-0.4, -0.2) is 65.0 Å². The highest BCUT2D eigenvalue weighted by atomic mass is 28.4. The fourth-order valence-corrected chi connectivity index (χ4v) is 5.56. The molecule has 0 amide bonds. The van der Waals surface area contributed by atoms with Gasteiger partial charge in [-0.25, -0.2) is 0 Å². The van der Waals surface area contributed by atoms with Gasteiger partial charge in [0.1, 0.15) is 17.2 Å². The fourth-order valence-electron chi connectivity index (χ4n) is 2.98. The smallest absolute Gasteiger partial charge is 0.191 e. The van der Waals surface area contributed by atoms with Gasteiger partial charge in [-0.2, -0.15) is 0 Å². The molecule has 9 heteroatoms. The second kappa shape index (κ2) is 15.6. The minimum atomic E-state index is -1.77. The molecule has 0 aliphatic rings.